The average Bonchev–Trinajstić information content (AvgIpc) is 2.51. The molecule has 0 atom stereocenters. The standard InChI is InChI=1S/C10H10FN3.ClH/c1-7-5-13-14(6-7)10-3-2-8(12)4-9(10)11;/h2-6H,12H2,1H3;1H. The predicted octanol–water partition coefficient (Wildman–Crippen LogP) is 2.32. The van der Waals surface area contributed by atoms with Gasteiger partial charge in [0.1, 0.15) is 5.69 Å². The number of nitrogens with zero attached hydrogens (tertiary/aromatic N) is 2. The minimum Gasteiger partial charge on any atom is -0.399 e. The summed E-state index contributed by atoms with van der Waals surface area (Å²) < 4.78 is 14.9. The second-order valence-corrected chi connectivity index (χ2v) is 3.17. The van der Waals surface area contributed by atoms with Crippen LogP contribution in [0.4, 0.5) is 10.1 Å². The molecule has 0 spiro atoms. The SMILES string of the molecule is Cc1cnn(-c2ccc(N)cc2F)c1.Cl. The van der Waals surface area contributed by atoms with Gasteiger partial charge in [-0.2, -0.15) is 5.10 Å². The topological polar surface area (TPSA) is 43.8 Å². The zero-order chi connectivity index (χ0) is 10.1. The van der Waals surface area contributed by atoms with Crippen LogP contribution in [0.25, 0.3) is 5.69 Å². The van der Waals surface area contributed by atoms with E-state index in [0.29, 0.717) is 11.4 Å². The van der Waals surface area contributed by atoms with Crippen molar-refractivity contribution in [1.82, 2.24) is 9.78 Å². The van der Waals surface area contributed by atoms with Crippen molar-refractivity contribution in [2.75, 3.05) is 5.73 Å². The van der Waals surface area contributed by atoms with Crippen molar-refractivity contribution >= 4 is 18.1 Å². The molecular formula is C10H11ClFN3. The van der Waals surface area contributed by atoms with Gasteiger partial charge in [-0.05, 0) is 30.7 Å². The van der Waals surface area contributed by atoms with Crippen molar-refractivity contribution in [3.63, 3.8) is 0 Å². The number of nitrogens with two attached hydrogens (primary N) is 1. The van der Waals surface area contributed by atoms with Crippen LogP contribution in [0.1, 0.15) is 5.56 Å². The Labute approximate surface area is 93.1 Å². The van der Waals surface area contributed by atoms with E-state index in [0.717, 1.165) is 5.56 Å². The molecule has 0 saturated heterocycles. The minimum absolute atomic E-state index is 0. The molecule has 15 heavy (non-hydrogen) atoms. The number of hydrogen-bond acceptors (Lipinski definition) is 2. The van der Waals surface area contributed by atoms with Crippen LogP contribution in [0, 0.1) is 12.7 Å². The van der Waals surface area contributed by atoms with Gasteiger partial charge in [-0.1, -0.05) is 0 Å². The second-order valence-electron chi connectivity index (χ2n) is 3.17. The third-order valence-corrected chi connectivity index (χ3v) is 1.93. The molecule has 2 aromatic rings. The second kappa shape index (κ2) is 4.31. The van der Waals surface area contributed by atoms with E-state index in [1.807, 2.05) is 6.92 Å². The van der Waals surface area contributed by atoms with Gasteiger partial charge in [0, 0.05) is 11.9 Å². The Bertz CT molecular complexity index is 467. The summed E-state index contributed by atoms with van der Waals surface area (Å²) in [5.41, 5.74) is 7.25. The first-order valence-corrected chi connectivity index (χ1v) is 4.23. The lowest BCUT2D eigenvalue weighted by molar-refractivity contribution is 0.611. The van der Waals surface area contributed by atoms with E-state index in [2.05, 4.69) is 5.10 Å². The number of aromatic nitrogens is 2. The molecule has 2 rings (SSSR count). The first-order valence-electron chi connectivity index (χ1n) is 4.23. The molecule has 0 aliphatic rings. The molecule has 0 aliphatic heterocycles. The maximum absolute atomic E-state index is 13.4. The highest BCUT2D eigenvalue weighted by Gasteiger charge is 2.05. The molecular weight excluding hydrogens is 217 g/mol. The Balaban J connectivity index is 0.00000112. The van der Waals surface area contributed by atoms with E-state index in [1.54, 1.807) is 24.5 Å². The molecule has 0 fully saturated rings. The average molecular weight is 228 g/mol. The maximum Gasteiger partial charge on any atom is 0.150 e. The smallest absolute Gasteiger partial charge is 0.150 e. The summed E-state index contributed by atoms with van der Waals surface area (Å²) >= 11 is 0. The third-order valence-electron chi connectivity index (χ3n) is 1.93. The quantitative estimate of drug-likeness (QED) is 0.760. The van der Waals surface area contributed by atoms with Crippen molar-refractivity contribution in [3.05, 3.63) is 42.0 Å². The molecule has 3 nitrogen and oxygen atoms in total. The molecule has 0 bridgehead atoms. The largest absolute Gasteiger partial charge is 0.399 e. The number of rotatable bonds is 1. The molecule has 80 valence electrons. The van der Waals surface area contributed by atoms with Crippen molar-refractivity contribution in [2.24, 2.45) is 0 Å². The van der Waals surface area contributed by atoms with Crippen LogP contribution in [0.3, 0.4) is 0 Å². The molecule has 2 N–H and O–H groups in total. The Morgan fingerprint density at radius 2 is 2.13 bits per heavy atom. The summed E-state index contributed by atoms with van der Waals surface area (Å²) in [6, 6.07) is 4.54. The first-order chi connectivity index (χ1) is 6.66. The van der Waals surface area contributed by atoms with E-state index < -0.39 is 0 Å². The number of benzene rings is 1. The van der Waals surface area contributed by atoms with E-state index >= 15 is 0 Å². The Hall–Kier alpha value is -1.55. The summed E-state index contributed by atoms with van der Waals surface area (Å²) in [6.07, 6.45) is 3.43. The minimum atomic E-state index is -0.367. The number of anilines is 1. The lowest BCUT2D eigenvalue weighted by Crippen LogP contribution is -1.98. The fourth-order valence-electron chi connectivity index (χ4n) is 1.25. The zero-order valence-electron chi connectivity index (χ0n) is 8.14. The summed E-state index contributed by atoms with van der Waals surface area (Å²) in [4.78, 5) is 0. The maximum atomic E-state index is 13.4. The van der Waals surface area contributed by atoms with Gasteiger partial charge in [-0.15, -0.1) is 12.4 Å². The van der Waals surface area contributed by atoms with E-state index in [-0.39, 0.29) is 18.2 Å². The zero-order valence-corrected chi connectivity index (χ0v) is 8.96. The van der Waals surface area contributed by atoms with Crippen LogP contribution < -0.4 is 5.73 Å². The molecule has 0 amide bonds. The fraction of sp³-hybridized carbons (Fsp3) is 0.100. The lowest BCUT2D eigenvalue weighted by atomic mass is 10.3. The fourth-order valence-corrected chi connectivity index (χ4v) is 1.25. The summed E-state index contributed by atoms with van der Waals surface area (Å²) in [5, 5.41) is 4.01. The van der Waals surface area contributed by atoms with Gasteiger partial charge in [-0.25, -0.2) is 9.07 Å². The van der Waals surface area contributed by atoms with E-state index in [9.17, 15) is 4.39 Å². The van der Waals surface area contributed by atoms with Crippen LogP contribution in [0.5, 0.6) is 0 Å². The highest BCUT2D eigenvalue weighted by Crippen LogP contribution is 2.15. The molecule has 0 radical (unpaired) electrons. The predicted molar refractivity (Wildman–Crippen MR) is 59.9 cm³/mol. The summed E-state index contributed by atoms with van der Waals surface area (Å²) in [7, 11) is 0. The van der Waals surface area contributed by atoms with Gasteiger partial charge in [-0.3, -0.25) is 0 Å². The van der Waals surface area contributed by atoms with Gasteiger partial charge in [0.15, 0.2) is 5.82 Å². The van der Waals surface area contributed by atoms with Gasteiger partial charge in [0.2, 0.25) is 0 Å². The molecule has 1 heterocycles. The number of aryl methyl sites for hydroxylation is 1. The van der Waals surface area contributed by atoms with Crippen LogP contribution in [-0.4, -0.2) is 9.78 Å². The number of nitrogen functional groups attached to an aromatic ring is 1. The Morgan fingerprint density at radius 3 is 2.67 bits per heavy atom. The van der Waals surface area contributed by atoms with Gasteiger partial charge in [0.25, 0.3) is 0 Å². The third kappa shape index (κ3) is 2.27. The van der Waals surface area contributed by atoms with Crippen LogP contribution in [-0.2, 0) is 0 Å². The number of hydrogen-bond donors (Lipinski definition) is 1. The normalized spacial score (nSPS) is 9.73. The van der Waals surface area contributed by atoms with Crippen molar-refractivity contribution in [1.29, 1.82) is 0 Å². The van der Waals surface area contributed by atoms with Crippen LogP contribution >= 0.6 is 12.4 Å². The molecule has 1 aromatic heterocycles. The Kier molecular flexibility index (Phi) is 3.31. The van der Waals surface area contributed by atoms with Crippen molar-refractivity contribution in [2.45, 2.75) is 6.92 Å². The number of halogens is 2. The van der Waals surface area contributed by atoms with Gasteiger partial charge >= 0.3 is 0 Å². The molecule has 0 unspecified atom stereocenters. The first kappa shape index (κ1) is 11.5. The highest BCUT2D eigenvalue weighted by atomic mass is 35.5. The summed E-state index contributed by atoms with van der Waals surface area (Å²) in [5.74, 6) is -0.367. The van der Waals surface area contributed by atoms with Crippen molar-refractivity contribution in [3.8, 4) is 5.69 Å². The molecule has 1 aromatic carbocycles. The lowest BCUT2D eigenvalue weighted by Gasteiger charge is -2.03. The Morgan fingerprint density at radius 1 is 1.40 bits per heavy atom. The molecule has 0 aliphatic carbocycles. The van der Waals surface area contributed by atoms with E-state index in [1.165, 1.54) is 10.7 Å². The van der Waals surface area contributed by atoms with Crippen LogP contribution in [0.15, 0.2) is 30.6 Å². The van der Waals surface area contributed by atoms with Gasteiger partial charge in [0.05, 0.1) is 6.20 Å². The molecule has 0 saturated carbocycles. The highest BCUT2D eigenvalue weighted by molar-refractivity contribution is 5.85. The van der Waals surface area contributed by atoms with Crippen LogP contribution in [0.2, 0.25) is 0 Å². The monoisotopic (exact) mass is 227 g/mol. The van der Waals surface area contributed by atoms with Crippen molar-refractivity contribution < 1.29 is 4.39 Å². The van der Waals surface area contributed by atoms with Gasteiger partial charge < -0.3 is 5.73 Å². The van der Waals surface area contributed by atoms with E-state index in [4.69, 9.17) is 5.73 Å². The molecule has 5 heteroatoms. The summed E-state index contributed by atoms with van der Waals surface area (Å²) in [6.45, 7) is 1.90.